The number of rotatable bonds is 13. The summed E-state index contributed by atoms with van der Waals surface area (Å²) in [6.45, 7) is 5.86. The van der Waals surface area contributed by atoms with Crippen LogP contribution in [0.25, 0.3) is 0 Å². The van der Waals surface area contributed by atoms with Gasteiger partial charge in [-0.05, 0) is 55.8 Å². The third-order valence-electron chi connectivity index (χ3n) is 6.47. The molecule has 2 rings (SSSR count). The van der Waals surface area contributed by atoms with E-state index in [4.69, 9.17) is 33.5 Å². The molecule has 0 radical (unpaired) electrons. The SMILES string of the molecule is CCCN(C(=S)Oc1nnnn1C)C(C(=O)[C@H](C)N)(C(=O)[C@H](C)N)C(=O)[C@@H]1CCCN1C(=O)C(C)CC(=O)O. The summed E-state index contributed by atoms with van der Waals surface area (Å²) in [5.41, 5.74) is 9.37. The summed E-state index contributed by atoms with van der Waals surface area (Å²) in [5, 5.41) is 19.5. The van der Waals surface area contributed by atoms with Crippen molar-refractivity contribution in [3.63, 3.8) is 0 Å². The van der Waals surface area contributed by atoms with Crippen molar-refractivity contribution in [1.82, 2.24) is 30.0 Å². The third-order valence-corrected chi connectivity index (χ3v) is 6.77. The van der Waals surface area contributed by atoms with Crippen molar-refractivity contribution in [2.75, 3.05) is 13.1 Å². The number of Topliss-reactive ketones (excluding diaryl/α,β-unsaturated/α-hetero) is 3. The fourth-order valence-corrected chi connectivity index (χ4v) is 4.96. The van der Waals surface area contributed by atoms with Crippen LogP contribution < -0.4 is 16.2 Å². The van der Waals surface area contributed by atoms with Gasteiger partial charge in [0.05, 0.1) is 24.5 Å². The van der Waals surface area contributed by atoms with Crippen molar-refractivity contribution in [1.29, 1.82) is 0 Å². The second kappa shape index (κ2) is 13.1. The van der Waals surface area contributed by atoms with Crippen LogP contribution in [0.4, 0.5) is 0 Å². The minimum atomic E-state index is -2.63. The van der Waals surface area contributed by atoms with Gasteiger partial charge in [0.15, 0.2) is 17.3 Å². The van der Waals surface area contributed by atoms with Gasteiger partial charge in [-0.3, -0.25) is 24.0 Å². The highest BCUT2D eigenvalue weighted by molar-refractivity contribution is 7.80. The van der Waals surface area contributed by atoms with Gasteiger partial charge in [-0.2, -0.15) is 4.68 Å². The lowest BCUT2D eigenvalue weighted by atomic mass is 9.75. The van der Waals surface area contributed by atoms with Gasteiger partial charge < -0.3 is 31.1 Å². The van der Waals surface area contributed by atoms with Crippen LogP contribution in [0.3, 0.4) is 0 Å². The highest BCUT2D eigenvalue weighted by Crippen LogP contribution is 2.32. The van der Waals surface area contributed by atoms with Crippen LogP contribution in [0.1, 0.15) is 53.4 Å². The van der Waals surface area contributed by atoms with E-state index < -0.39 is 70.4 Å². The molecular formula is C23H36N8O7S. The number of tetrazole rings is 1. The fourth-order valence-electron chi connectivity index (χ4n) is 4.66. The number of carbonyl (C=O) groups is 5. The van der Waals surface area contributed by atoms with E-state index in [2.05, 4.69) is 15.5 Å². The number of likely N-dealkylation sites (tertiary alicyclic amines) is 1. The predicted molar refractivity (Wildman–Crippen MR) is 140 cm³/mol. The van der Waals surface area contributed by atoms with Crippen LogP contribution in [0.15, 0.2) is 0 Å². The standard InChI is InChI=1S/C23H36N8O7S/c1-6-9-31(22(39)38-21-26-27-28-29(21)5)23(17(34)13(3)24,18(35)14(4)25)19(36)15-8-7-10-30(15)20(37)12(2)11-16(32)33/h12-15H,6-11,24-25H2,1-5H3,(H,32,33)/t12?,13-,14-,15-/m0/s1. The maximum Gasteiger partial charge on any atom is 0.342 e. The first kappa shape index (κ1) is 31.8. The minimum absolute atomic E-state index is 0.0944. The minimum Gasteiger partial charge on any atom is -0.481 e. The first-order valence-corrected chi connectivity index (χ1v) is 13.0. The van der Waals surface area contributed by atoms with E-state index in [0.717, 1.165) is 9.58 Å². The molecule has 1 saturated heterocycles. The van der Waals surface area contributed by atoms with Gasteiger partial charge in [0.2, 0.25) is 11.4 Å². The summed E-state index contributed by atoms with van der Waals surface area (Å²) in [5.74, 6) is -5.59. The second-order valence-corrected chi connectivity index (χ2v) is 10.0. The molecule has 1 aromatic heterocycles. The molecule has 5 N–H and O–H groups in total. The Morgan fingerprint density at radius 1 is 1.18 bits per heavy atom. The molecule has 1 unspecified atom stereocenters. The summed E-state index contributed by atoms with van der Waals surface area (Å²) in [6, 6.07) is -4.03. The molecule has 1 aliphatic rings. The van der Waals surface area contributed by atoms with Gasteiger partial charge in [-0.1, -0.05) is 18.9 Å². The van der Waals surface area contributed by atoms with Gasteiger partial charge in [0, 0.05) is 26.1 Å². The van der Waals surface area contributed by atoms with Crippen LogP contribution in [0, 0.1) is 5.92 Å². The van der Waals surface area contributed by atoms with E-state index in [1.165, 1.54) is 32.7 Å². The average Bonchev–Trinajstić information content (AvgIpc) is 3.51. The number of hydrogen-bond acceptors (Lipinski definition) is 12. The van der Waals surface area contributed by atoms with Crippen molar-refractivity contribution >= 4 is 46.6 Å². The molecule has 0 aromatic carbocycles. The number of ether oxygens (including phenoxy) is 1. The monoisotopic (exact) mass is 568 g/mol. The van der Waals surface area contributed by atoms with Crippen molar-refractivity contribution in [2.24, 2.45) is 24.4 Å². The summed E-state index contributed by atoms with van der Waals surface area (Å²) in [4.78, 5) is 69.1. The van der Waals surface area contributed by atoms with Crippen molar-refractivity contribution in [2.45, 2.75) is 77.0 Å². The first-order chi connectivity index (χ1) is 18.2. The van der Waals surface area contributed by atoms with Gasteiger partial charge in [0.1, 0.15) is 0 Å². The topological polar surface area (TPSA) is 217 Å². The lowest BCUT2D eigenvalue weighted by Gasteiger charge is -2.44. The molecule has 1 amide bonds. The number of carbonyl (C=O) groups excluding carboxylic acids is 4. The van der Waals surface area contributed by atoms with Gasteiger partial charge in [-0.25, -0.2) is 0 Å². The number of nitrogens with two attached hydrogens (primary N) is 2. The Balaban J connectivity index is 2.73. The van der Waals surface area contributed by atoms with E-state index >= 15 is 0 Å². The molecular weight excluding hydrogens is 532 g/mol. The molecule has 1 fully saturated rings. The molecule has 1 aliphatic heterocycles. The summed E-state index contributed by atoms with van der Waals surface area (Å²) < 4.78 is 6.79. The summed E-state index contributed by atoms with van der Waals surface area (Å²) in [6.07, 6.45) is 0.378. The van der Waals surface area contributed by atoms with Crippen LogP contribution in [-0.4, -0.2) is 106 Å². The van der Waals surface area contributed by atoms with Crippen LogP contribution in [-0.2, 0) is 31.0 Å². The van der Waals surface area contributed by atoms with Gasteiger partial charge in [-0.15, -0.1) is 0 Å². The predicted octanol–water partition coefficient (Wildman–Crippen LogP) is -1.17. The number of thiocarbonyl (C=S) groups is 1. The Morgan fingerprint density at radius 3 is 2.23 bits per heavy atom. The number of nitrogens with zero attached hydrogens (tertiary/aromatic N) is 6. The van der Waals surface area contributed by atoms with E-state index in [9.17, 15) is 24.0 Å². The zero-order valence-electron chi connectivity index (χ0n) is 22.7. The Kier molecular flexibility index (Phi) is 10.7. The third kappa shape index (κ3) is 6.45. The Morgan fingerprint density at radius 2 is 1.77 bits per heavy atom. The zero-order valence-corrected chi connectivity index (χ0v) is 23.5. The maximum atomic E-state index is 14.5. The number of carboxylic acid groups (broad SMARTS) is 1. The van der Waals surface area contributed by atoms with Crippen LogP contribution in [0.2, 0.25) is 0 Å². The quantitative estimate of drug-likeness (QED) is 0.189. The first-order valence-electron chi connectivity index (χ1n) is 12.6. The van der Waals surface area contributed by atoms with Gasteiger partial charge in [0.25, 0.3) is 5.17 Å². The molecule has 15 nitrogen and oxygen atoms in total. The highest BCUT2D eigenvalue weighted by atomic mass is 32.1. The molecule has 0 spiro atoms. The summed E-state index contributed by atoms with van der Waals surface area (Å²) >= 11 is 5.48. The fraction of sp³-hybridized carbons (Fsp3) is 0.696. The molecule has 39 heavy (non-hydrogen) atoms. The van der Waals surface area contributed by atoms with Crippen LogP contribution in [0.5, 0.6) is 6.01 Å². The Hall–Kier alpha value is -3.37. The average molecular weight is 569 g/mol. The molecule has 2 heterocycles. The smallest absolute Gasteiger partial charge is 0.342 e. The number of carboxylic acids is 1. The molecule has 0 aliphatic carbocycles. The number of aryl methyl sites for hydroxylation is 1. The Labute approximate surface area is 231 Å². The van der Waals surface area contributed by atoms with Crippen LogP contribution >= 0.6 is 12.2 Å². The zero-order chi connectivity index (χ0) is 29.7. The van der Waals surface area contributed by atoms with E-state index in [-0.39, 0.29) is 25.5 Å². The van der Waals surface area contributed by atoms with Crippen molar-refractivity contribution in [3.8, 4) is 6.01 Å². The van der Waals surface area contributed by atoms with Crippen molar-refractivity contribution in [3.05, 3.63) is 0 Å². The number of aromatic nitrogens is 4. The highest BCUT2D eigenvalue weighted by Gasteiger charge is 2.62. The second-order valence-electron chi connectivity index (χ2n) is 9.67. The maximum absolute atomic E-state index is 14.5. The largest absolute Gasteiger partial charge is 0.481 e. The lowest BCUT2D eigenvalue weighted by molar-refractivity contribution is -0.155. The lowest BCUT2D eigenvalue weighted by Crippen LogP contribution is -2.74. The van der Waals surface area contributed by atoms with E-state index in [1.807, 2.05) is 0 Å². The van der Waals surface area contributed by atoms with E-state index in [1.54, 1.807) is 6.92 Å². The Bertz CT molecular complexity index is 1100. The molecule has 4 atom stereocenters. The number of hydrogen-bond donors (Lipinski definition) is 3. The number of ketones is 3. The van der Waals surface area contributed by atoms with Crippen molar-refractivity contribution < 1.29 is 33.8 Å². The number of aliphatic carboxylic acids is 1. The normalized spacial score (nSPS) is 17.7. The molecule has 16 heteroatoms. The number of amides is 1. The molecule has 0 bridgehead atoms. The molecule has 216 valence electrons. The summed E-state index contributed by atoms with van der Waals surface area (Å²) in [7, 11) is 1.47. The molecule has 1 aromatic rings. The van der Waals surface area contributed by atoms with E-state index in [0.29, 0.717) is 12.8 Å². The van der Waals surface area contributed by atoms with Gasteiger partial charge >= 0.3 is 12.0 Å². The molecule has 0 saturated carbocycles.